The van der Waals surface area contributed by atoms with Crippen LogP contribution in [-0.2, 0) is 16.0 Å². The summed E-state index contributed by atoms with van der Waals surface area (Å²) in [6.07, 6.45) is -0.0685. The summed E-state index contributed by atoms with van der Waals surface area (Å²) in [6.45, 7) is 4.42. The van der Waals surface area contributed by atoms with Crippen LogP contribution in [0.1, 0.15) is 28.8 Å². The maximum atomic E-state index is 13.6. The Bertz CT molecular complexity index is 1080. The smallest absolute Gasteiger partial charge is 0.252 e. The summed E-state index contributed by atoms with van der Waals surface area (Å²) < 4.78 is 15.2. The number of fused-ring (bicyclic) bond motifs is 1. The van der Waals surface area contributed by atoms with Crippen LogP contribution in [0.5, 0.6) is 0 Å². The Balaban J connectivity index is 1.62. The van der Waals surface area contributed by atoms with E-state index in [4.69, 9.17) is 0 Å². The number of aromatic nitrogens is 4. The number of amides is 2. The van der Waals surface area contributed by atoms with Gasteiger partial charge < -0.3 is 10.2 Å². The SMILES string of the molecule is Cc1cc(C)n2nc(CC(=O)N3CCNC(=O)[C@H]3c3cccc(F)c3)nc2n1. The average molecular weight is 382 g/mol. The maximum Gasteiger partial charge on any atom is 0.252 e. The molecule has 1 aromatic carbocycles. The zero-order valence-electron chi connectivity index (χ0n) is 15.5. The molecule has 1 N–H and O–H groups in total. The minimum absolute atomic E-state index is 0.0685. The molecule has 0 bridgehead atoms. The molecule has 4 rings (SSSR count). The minimum Gasteiger partial charge on any atom is -0.352 e. The fraction of sp³-hybridized carbons (Fsp3) is 0.316. The van der Waals surface area contributed by atoms with Crippen molar-refractivity contribution in [3.8, 4) is 0 Å². The molecular formula is C19H19FN6O2. The number of carbonyl (C=O) groups is 2. The van der Waals surface area contributed by atoms with E-state index in [-0.39, 0.29) is 18.2 Å². The lowest BCUT2D eigenvalue weighted by Gasteiger charge is -2.35. The average Bonchev–Trinajstić information content (AvgIpc) is 3.04. The van der Waals surface area contributed by atoms with Crippen LogP contribution < -0.4 is 5.32 Å². The molecule has 3 heterocycles. The Kier molecular flexibility index (Phi) is 4.50. The van der Waals surface area contributed by atoms with Gasteiger partial charge in [0.25, 0.3) is 5.78 Å². The molecule has 1 aliphatic rings. The van der Waals surface area contributed by atoms with Crippen LogP contribution in [0.25, 0.3) is 5.78 Å². The van der Waals surface area contributed by atoms with Gasteiger partial charge in [0.15, 0.2) is 5.82 Å². The molecule has 1 fully saturated rings. The number of nitrogens with one attached hydrogen (secondary N) is 1. The lowest BCUT2D eigenvalue weighted by Crippen LogP contribution is -2.52. The van der Waals surface area contributed by atoms with E-state index in [2.05, 4.69) is 20.4 Å². The number of benzene rings is 1. The Morgan fingerprint density at radius 3 is 2.89 bits per heavy atom. The van der Waals surface area contributed by atoms with Gasteiger partial charge in [0, 0.05) is 24.5 Å². The summed E-state index contributed by atoms with van der Waals surface area (Å²) in [5.74, 6) is -0.327. The largest absolute Gasteiger partial charge is 0.352 e. The van der Waals surface area contributed by atoms with Crippen LogP contribution in [0, 0.1) is 19.7 Å². The van der Waals surface area contributed by atoms with Crippen LogP contribution in [0.4, 0.5) is 4.39 Å². The van der Waals surface area contributed by atoms with Crippen molar-refractivity contribution >= 4 is 17.6 Å². The summed E-state index contributed by atoms with van der Waals surface area (Å²) >= 11 is 0. The Labute approximate surface area is 160 Å². The van der Waals surface area contributed by atoms with E-state index in [1.807, 2.05) is 19.9 Å². The second kappa shape index (κ2) is 6.99. The first kappa shape index (κ1) is 18.0. The monoisotopic (exact) mass is 382 g/mol. The number of piperazine rings is 1. The van der Waals surface area contributed by atoms with Crippen molar-refractivity contribution in [1.82, 2.24) is 29.8 Å². The van der Waals surface area contributed by atoms with Gasteiger partial charge in [0.05, 0.1) is 6.42 Å². The van der Waals surface area contributed by atoms with Crippen molar-refractivity contribution in [2.24, 2.45) is 0 Å². The number of nitrogens with zero attached hydrogens (tertiary/aromatic N) is 5. The number of hydrogen-bond acceptors (Lipinski definition) is 5. The molecule has 144 valence electrons. The molecular weight excluding hydrogens is 363 g/mol. The predicted octanol–water partition coefficient (Wildman–Crippen LogP) is 1.12. The normalized spacial score (nSPS) is 17.0. The van der Waals surface area contributed by atoms with Crippen molar-refractivity contribution in [3.63, 3.8) is 0 Å². The van der Waals surface area contributed by atoms with Crippen LogP contribution in [0.2, 0.25) is 0 Å². The summed E-state index contributed by atoms with van der Waals surface area (Å²) in [5.41, 5.74) is 2.11. The maximum absolute atomic E-state index is 13.6. The molecule has 28 heavy (non-hydrogen) atoms. The van der Waals surface area contributed by atoms with E-state index >= 15 is 0 Å². The molecule has 1 aliphatic heterocycles. The molecule has 0 spiro atoms. The van der Waals surface area contributed by atoms with Crippen LogP contribution in [0.3, 0.4) is 0 Å². The molecule has 1 atom stereocenters. The third-order valence-corrected chi connectivity index (χ3v) is 4.67. The zero-order chi connectivity index (χ0) is 19.8. The number of halogens is 1. The minimum atomic E-state index is -0.879. The van der Waals surface area contributed by atoms with Crippen LogP contribution in [0.15, 0.2) is 30.3 Å². The lowest BCUT2D eigenvalue weighted by molar-refractivity contribution is -0.143. The topological polar surface area (TPSA) is 92.5 Å². The second-order valence-electron chi connectivity index (χ2n) is 6.79. The molecule has 9 heteroatoms. The molecule has 0 aliphatic carbocycles. The highest BCUT2D eigenvalue weighted by molar-refractivity contribution is 5.90. The van der Waals surface area contributed by atoms with Crippen LogP contribution >= 0.6 is 0 Å². The van der Waals surface area contributed by atoms with E-state index in [1.165, 1.54) is 23.1 Å². The molecule has 0 saturated carbocycles. The molecule has 1 saturated heterocycles. The summed E-state index contributed by atoms with van der Waals surface area (Å²) in [5, 5.41) is 7.09. The van der Waals surface area contributed by atoms with Gasteiger partial charge in [-0.1, -0.05) is 12.1 Å². The van der Waals surface area contributed by atoms with E-state index < -0.39 is 11.9 Å². The summed E-state index contributed by atoms with van der Waals surface area (Å²) in [6, 6.07) is 6.73. The third-order valence-electron chi connectivity index (χ3n) is 4.67. The molecule has 8 nitrogen and oxygen atoms in total. The van der Waals surface area contributed by atoms with Gasteiger partial charge in [-0.05, 0) is 37.6 Å². The van der Waals surface area contributed by atoms with E-state index in [9.17, 15) is 14.0 Å². The van der Waals surface area contributed by atoms with E-state index in [1.54, 1.807) is 10.6 Å². The number of rotatable bonds is 3. The Morgan fingerprint density at radius 2 is 2.11 bits per heavy atom. The van der Waals surface area contributed by atoms with Crippen molar-refractivity contribution in [2.75, 3.05) is 13.1 Å². The van der Waals surface area contributed by atoms with Gasteiger partial charge >= 0.3 is 0 Å². The first-order chi connectivity index (χ1) is 13.4. The predicted molar refractivity (Wildman–Crippen MR) is 97.8 cm³/mol. The summed E-state index contributed by atoms with van der Waals surface area (Å²) in [7, 11) is 0. The van der Waals surface area contributed by atoms with E-state index in [0.29, 0.717) is 30.3 Å². The van der Waals surface area contributed by atoms with Gasteiger partial charge in [0.2, 0.25) is 11.8 Å². The number of carbonyl (C=O) groups excluding carboxylic acids is 2. The Morgan fingerprint density at radius 1 is 1.29 bits per heavy atom. The summed E-state index contributed by atoms with van der Waals surface area (Å²) in [4.78, 5) is 35.5. The molecule has 3 aromatic rings. The lowest BCUT2D eigenvalue weighted by atomic mass is 10.0. The molecule has 2 amide bonds. The highest BCUT2D eigenvalue weighted by Crippen LogP contribution is 2.24. The van der Waals surface area contributed by atoms with Gasteiger partial charge in [0.1, 0.15) is 11.9 Å². The fourth-order valence-electron chi connectivity index (χ4n) is 3.46. The molecule has 0 unspecified atom stereocenters. The van der Waals surface area contributed by atoms with Gasteiger partial charge in [-0.25, -0.2) is 13.9 Å². The van der Waals surface area contributed by atoms with Gasteiger partial charge in [-0.3, -0.25) is 9.59 Å². The number of hydrogen-bond donors (Lipinski definition) is 1. The second-order valence-corrected chi connectivity index (χ2v) is 6.79. The van der Waals surface area contributed by atoms with Crippen LogP contribution in [-0.4, -0.2) is 49.4 Å². The standard InChI is InChI=1S/C19H19FN6O2/c1-11-8-12(2)26-19(22-11)23-15(24-26)10-16(27)25-7-6-21-18(28)17(25)13-4-3-5-14(20)9-13/h3-5,8-9,17H,6-7,10H2,1-2H3,(H,21,28)/t17-/m1/s1. The molecule has 0 radical (unpaired) electrons. The Hall–Kier alpha value is -3.36. The van der Waals surface area contributed by atoms with Crippen molar-refractivity contribution in [3.05, 3.63) is 58.9 Å². The van der Waals surface area contributed by atoms with E-state index in [0.717, 1.165) is 11.4 Å². The first-order valence-corrected chi connectivity index (χ1v) is 8.95. The van der Waals surface area contributed by atoms with Gasteiger partial charge in [-0.2, -0.15) is 4.98 Å². The molecule has 2 aromatic heterocycles. The van der Waals surface area contributed by atoms with Crippen molar-refractivity contribution < 1.29 is 14.0 Å². The highest BCUT2D eigenvalue weighted by atomic mass is 19.1. The fourth-order valence-corrected chi connectivity index (χ4v) is 3.46. The zero-order valence-corrected chi connectivity index (χ0v) is 15.5. The highest BCUT2D eigenvalue weighted by Gasteiger charge is 2.34. The third kappa shape index (κ3) is 3.30. The van der Waals surface area contributed by atoms with Crippen molar-refractivity contribution in [2.45, 2.75) is 26.3 Å². The van der Waals surface area contributed by atoms with Gasteiger partial charge in [-0.15, -0.1) is 5.10 Å². The van der Waals surface area contributed by atoms with Crippen molar-refractivity contribution in [1.29, 1.82) is 0 Å². The quantitative estimate of drug-likeness (QED) is 0.733. The first-order valence-electron chi connectivity index (χ1n) is 8.95. The number of aryl methyl sites for hydroxylation is 2.